The zero-order chi connectivity index (χ0) is 34.5. The number of piperazine rings is 1. The van der Waals surface area contributed by atoms with Crippen molar-refractivity contribution >= 4 is 23.1 Å². The van der Waals surface area contributed by atoms with Crippen LogP contribution in [0.25, 0.3) is 5.69 Å². The van der Waals surface area contributed by atoms with Crippen molar-refractivity contribution in [2.24, 2.45) is 0 Å². The number of methoxy groups -OCH3 is 3. The Kier molecular flexibility index (Phi) is 10.1. The van der Waals surface area contributed by atoms with Crippen LogP contribution >= 0.6 is 0 Å². The number of aromatic nitrogens is 4. The van der Waals surface area contributed by atoms with Crippen LogP contribution in [0.15, 0.2) is 53.7 Å². The number of anilines is 4. The molecule has 4 heterocycles. The van der Waals surface area contributed by atoms with Crippen molar-refractivity contribution in [3.63, 3.8) is 0 Å². The fourth-order valence-electron chi connectivity index (χ4n) is 6.24. The highest BCUT2D eigenvalue weighted by Gasteiger charge is 2.28. The average Bonchev–Trinajstić information content (AvgIpc) is 3.12. The first-order chi connectivity index (χ1) is 23.8. The first-order valence-electron chi connectivity index (χ1n) is 16.0. The van der Waals surface area contributed by atoms with E-state index in [1.165, 1.54) is 44.9 Å². The Bertz CT molecular complexity index is 1910. The second-order valence-electron chi connectivity index (χ2n) is 11.9. The maximum absolute atomic E-state index is 15.6. The Morgan fingerprint density at radius 3 is 2.24 bits per heavy atom. The van der Waals surface area contributed by atoms with E-state index >= 15 is 4.39 Å². The largest absolute Gasteiger partial charge is 0.495 e. The Morgan fingerprint density at radius 2 is 1.59 bits per heavy atom. The van der Waals surface area contributed by atoms with E-state index in [1.807, 2.05) is 12.1 Å². The molecule has 49 heavy (non-hydrogen) atoms. The number of halogens is 1. The van der Waals surface area contributed by atoms with Crippen LogP contribution in [0.5, 0.6) is 17.2 Å². The lowest BCUT2D eigenvalue weighted by Gasteiger charge is -2.42. The number of benzene rings is 2. The Labute approximate surface area is 284 Å². The number of nitrogens with one attached hydrogen (secondary N) is 1. The molecule has 0 amide bonds. The van der Waals surface area contributed by atoms with Crippen LogP contribution in [0, 0.1) is 17.7 Å². The summed E-state index contributed by atoms with van der Waals surface area (Å²) < 4.78 is 33.1. The highest BCUT2D eigenvalue weighted by atomic mass is 19.1. The van der Waals surface area contributed by atoms with Crippen LogP contribution < -0.4 is 35.9 Å². The van der Waals surface area contributed by atoms with Crippen LogP contribution in [0.3, 0.4) is 0 Å². The van der Waals surface area contributed by atoms with Crippen molar-refractivity contribution in [1.29, 1.82) is 0 Å². The Hall–Kier alpha value is -5.39. The van der Waals surface area contributed by atoms with Gasteiger partial charge in [-0.2, -0.15) is 4.98 Å². The molecule has 0 aliphatic carbocycles. The van der Waals surface area contributed by atoms with Gasteiger partial charge in [0.1, 0.15) is 23.0 Å². The summed E-state index contributed by atoms with van der Waals surface area (Å²) in [5.74, 6) is 6.11. The SMILES string of the molecule is COc1cc(Nc2ncc(C#Cc3c(F)c(OC)cc(OC)c3-n3ccc(N)nc3=O)cn2)ccc1N1CCC(N2CCN(C)CC2)CC1. The fraction of sp³-hybridized carbons (Fsp3) is 0.371. The predicted molar refractivity (Wildman–Crippen MR) is 186 cm³/mol. The van der Waals surface area contributed by atoms with Gasteiger partial charge in [0.15, 0.2) is 11.6 Å². The number of nitrogen functional groups attached to an aromatic ring is 1. The molecule has 0 saturated carbocycles. The van der Waals surface area contributed by atoms with Crippen molar-refractivity contribution in [1.82, 2.24) is 29.3 Å². The second kappa shape index (κ2) is 14.8. The molecule has 2 saturated heterocycles. The van der Waals surface area contributed by atoms with Crippen LogP contribution in [-0.4, -0.2) is 103 Å². The molecule has 2 aromatic carbocycles. The number of likely N-dealkylation sites (N-methyl/N-ethyl adjacent to an activating group) is 1. The van der Waals surface area contributed by atoms with Crippen molar-refractivity contribution in [2.45, 2.75) is 18.9 Å². The van der Waals surface area contributed by atoms with E-state index in [0.29, 0.717) is 17.6 Å². The molecule has 4 aromatic rings. The van der Waals surface area contributed by atoms with Gasteiger partial charge in [-0.1, -0.05) is 11.8 Å². The third kappa shape index (κ3) is 7.38. The molecule has 2 aromatic heterocycles. The minimum atomic E-state index is -0.773. The van der Waals surface area contributed by atoms with E-state index in [0.717, 1.165) is 73.8 Å². The van der Waals surface area contributed by atoms with Gasteiger partial charge in [0.05, 0.1) is 38.1 Å². The molecule has 2 aliphatic rings. The molecule has 0 bridgehead atoms. The van der Waals surface area contributed by atoms with Crippen molar-refractivity contribution in [3.8, 4) is 34.8 Å². The molecule has 0 radical (unpaired) electrons. The maximum atomic E-state index is 15.6. The van der Waals surface area contributed by atoms with Crippen LogP contribution in [0.2, 0.25) is 0 Å². The fourth-order valence-corrected chi connectivity index (χ4v) is 6.24. The minimum absolute atomic E-state index is 0.0268. The van der Waals surface area contributed by atoms with Gasteiger partial charge in [-0.25, -0.2) is 19.2 Å². The standard InChI is InChI=1S/C35H40FN9O4/c1-42-15-17-43(18-16-42)25-9-12-44(13-10-25)27-8-6-24(19-28(27)47-2)40-34-38-21-23(22-39-34)5-7-26-32(36)29(48-3)20-30(49-4)33(26)45-14-11-31(37)41-35(45)46/h6,8,11,14,19-22,25H,9-10,12-13,15-18H2,1-4H3,(H2,37,41,46)(H,38,39,40). The summed E-state index contributed by atoms with van der Waals surface area (Å²) in [4.78, 5) is 32.7. The van der Waals surface area contributed by atoms with Crippen molar-refractivity contribution in [3.05, 3.63) is 76.4 Å². The highest BCUT2D eigenvalue weighted by molar-refractivity contribution is 5.68. The molecule has 0 spiro atoms. The number of hydrogen-bond donors (Lipinski definition) is 2. The zero-order valence-electron chi connectivity index (χ0n) is 28.1. The maximum Gasteiger partial charge on any atom is 0.354 e. The van der Waals surface area contributed by atoms with Gasteiger partial charge >= 0.3 is 5.69 Å². The van der Waals surface area contributed by atoms with Gasteiger partial charge in [-0.3, -0.25) is 9.47 Å². The number of piperidine rings is 1. The van der Waals surface area contributed by atoms with Gasteiger partial charge < -0.3 is 35.1 Å². The molecule has 3 N–H and O–H groups in total. The molecule has 0 atom stereocenters. The van der Waals surface area contributed by atoms with Crippen LogP contribution in [0.4, 0.5) is 27.5 Å². The summed E-state index contributed by atoms with van der Waals surface area (Å²) in [6.45, 7) is 6.51. The normalized spacial score (nSPS) is 15.7. The topological polar surface area (TPSA) is 136 Å². The Balaban J connectivity index is 1.17. The molecular weight excluding hydrogens is 629 g/mol. The van der Waals surface area contributed by atoms with Crippen molar-refractivity contribution in [2.75, 3.05) is 83.6 Å². The van der Waals surface area contributed by atoms with Gasteiger partial charge in [-0.05, 0) is 38.1 Å². The van der Waals surface area contributed by atoms with E-state index in [1.54, 1.807) is 7.11 Å². The first-order valence-corrected chi connectivity index (χ1v) is 16.0. The molecule has 6 rings (SSSR count). The number of ether oxygens (including phenoxy) is 3. The lowest BCUT2D eigenvalue weighted by Crippen LogP contribution is -2.52. The highest BCUT2D eigenvalue weighted by Crippen LogP contribution is 2.36. The lowest BCUT2D eigenvalue weighted by atomic mass is 10.0. The Morgan fingerprint density at radius 1 is 0.898 bits per heavy atom. The van der Waals surface area contributed by atoms with Gasteiger partial charge in [-0.15, -0.1) is 0 Å². The number of hydrogen-bond acceptors (Lipinski definition) is 12. The predicted octanol–water partition coefficient (Wildman–Crippen LogP) is 3.13. The third-order valence-electron chi connectivity index (χ3n) is 8.95. The number of rotatable bonds is 8. The van der Waals surface area contributed by atoms with E-state index in [-0.39, 0.29) is 28.6 Å². The monoisotopic (exact) mass is 669 g/mol. The molecule has 0 unspecified atom stereocenters. The van der Waals surface area contributed by atoms with Gasteiger partial charge in [0.25, 0.3) is 0 Å². The summed E-state index contributed by atoms with van der Waals surface area (Å²) in [5, 5.41) is 3.22. The third-order valence-corrected chi connectivity index (χ3v) is 8.95. The van der Waals surface area contributed by atoms with Crippen LogP contribution in [0.1, 0.15) is 24.0 Å². The summed E-state index contributed by atoms with van der Waals surface area (Å²) in [6, 6.07) is 9.37. The van der Waals surface area contributed by atoms with Crippen LogP contribution in [-0.2, 0) is 0 Å². The van der Waals surface area contributed by atoms with E-state index < -0.39 is 11.5 Å². The molecule has 14 heteroatoms. The smallest absolute Gasteiger partial charge is 0.354 e. The summed E-state index contributed by atoms with van der Waals surface area (Å²) >= 11 is 0. The van der Waals surface area contributed by atoms with Crippen molar-refractivity contribution < 1.29 is 18.6 Å². The lowest BCUT2D eigenvalue weighted by molar-refractivity contribution is 0.0981. The minimum Gasteiger partial charge on any atom is -0.495 e. The van der Waals surface area contributed by atoms with E-state index in [2.05, 4.69) is 59.9 Å². The summed E-state index contributed by atoms with van der Waals surface area (Å²) in [5.41, 5.74) is 7.10. The molecule has 256 valence electrons. The molecule has 2 aliphatic heterocycles. The van der Waals surface area contributed by atoms with Gasteiger partial charge in [0, 0.05) is 81.7 Å². The zero-order valence-corrected chi connectivity index (χ0v) is 28.1. The van der Waals surface area contributed by atoms with Gasteiger partial charge in [0.2, 0.25) is 5.95 Å². The first kappa shape index (κ1) is 33.5. The quantitative estimate of drug-likeness (QED) is 0.267. The summed E-state index contributed by atoms with van der Waals surface area (Å²) in [6.07, 6.45) is 6.68. The summed E-state index contributed by atoms with van der Waals surface area (Å²) in [7, 11) is 6.59. The van der Waals surface area contributed by atoms with E-state index in [9.17, 15) is 4.79 Å². The average molecular weight is 670 g/mol. The number of nitrogens with two attached hydrogens (primary N) is 1. The number of nitrogens with zero attached hydrogens (tertiary/aromatic N) is 7. The molecule has 2 fully saturated rings. The van der Waals surface area contributed by atoms with E-state index in [4.69, 9.17) is 19.9 Å². The molecular formula is C35H40FN9O4. The molecule has 13 nitrogen and oxygen atoms in total. The second-order valence-corrected chi connectivity index (χ2v) is 11.9.